The van der Waals surface area contributed by atoms with E-state index in [1.165, 1.54) is 0 Å². The first-order chi connectivity index (χ1) is 5.78. The first kappa shape index (κ1) is 26.7. The Balaban J connectivity index is -0.0000000200. The fourth-order valence-electron chi connectivity index (χ4n) is 0.714. The van der Waals surface area contributed by atoms with Gasteiger partial charge in [0.25, 0.3) is 0 Å². The van der Waals surface area contributed by atoms with Crippen LogP contribution in [0.2, 0.25) is 0 Å². The Morgan fingerprint density at radius 1 is 0.875 bits per heavy atom. The SMILES string of the molecule is O=C(O)CC(O)(CC(=O)O)C(=O)O.[Ca+2].[Ca+2].[Ca+2].[H-].[H-].[H-].[H-].[H-].[H-]. The van der Waals surface area contributed by atoms with Gasteiger partial charge in [0.15, 0.2) is 5.60 Å². The van der Waals surface area contributed by atoms with Crippen LogP contribution in [-0.4, -0.2) is 157 Å². The van der Waals surface area contributed by atoms with Crippen molar-refractivity contribution >= 4 is 131 Å². The zero-order valence-electron chi connectivity index (χ0n) is 14.5. The molecule has 10 heteroatoms. The molecule has 4 N–H and O–H groups in total. The Morgan fingerprint density at radius 3 is 1.25 bits per heavy atom. The average Bonchev–Trinajstić information content (AvgIpc) is 1.82. The first-order valence-corrected chi connectivity index (χ1v) is 3.17. The second-order valence-electron chi connectivity index (χ2n) is 2.48. The van der Waals surface area contributed by atoms with E-state index in [2.05, 4.69) is 0 Å². The van der Waals surface area contributed by atoms with Crippen LogP contribution < -0.4 is 0 Å². The van der Waals surface area contributed by atoms with Crippen LogP contribution in [0.4, 0.5) is 0 Å². The summed E-state index contributed by atoms with van der Waals surface area (Å²) >= 11 is 0. The van der Waals surface area contributed by atoms with Crippen LogP contribution in [0.1, 0.15) is 21.4 Å². The molecule has 0 heterocycles. The number of rotatable bonds is 5. The Hall–Kier alpha value is 2.15. The number of carboxylic acids is 3. The fourth-order valence-corrected chi connectivity index (χ4v) is 0.714. The van der Waals surface area contributed by atoms with E-state index in [1.807, 2.05) is 0 Å². The maximum absolute atomic E-state index is 10.3. The van der Waals surface area contributed by atoms with E-state index in [1.54, 1.807) is 0 Å². The molecule has 16 heavy (non-hydrogen) atoms. The minimum Gasteiger partial charge on any atom is -1.00 e. The third kappa shape index (κ3) is 11.3. The summed E-state index contributed by atoms with van der Waals surface area (Å²) in [7, 11) is 0. The van der Waals surface area contributed by atoms with E-state index in [0.29, 0.717) is 0 Å². The molecular weight excluding hydrogens is 304 g/mol. The summed E-state index contributed by atoms with van der Waals surface area (Å²) < 4.78 is 0. The zero-order valence-corrected chi connectivity index (χ0v) is 15.2. The molecule has 0 unspecified atom stereocenters. The van der Waals surface area contributed by atoms with Crippen molar-refractivity contribution in [3.05, 3.63) is 0 Å². The average molecular weight is 318 g/mol. The molecule has 0 aromatic heterocycles. The van der Waals surface area contributed by atoms with Gasteiger partial charge >= 0.3 is 131 Å². The molecule has 0 aromatic carbocycles. The summed E-state index contributed by atoms with van der Waals surface area (Å²) in [6.45, 7) is 0. The summed E-state index contributed by atoms with van der Waals surface area (Å²) in [4.78, 5) is 30.5. The van der Waals surface area contributed by atoms with Crippen LogP contribution in [0.3, 0.4) is 0 Å². The van der Waals surface area contributed by atoms with E-state index in [0.717, 1.165) is 0 Å². The van der Waals surface area contributed by atoms with Gasteiger partial charge in [-0.3, -0.25) is 9.59 Å². The van der Waals surface area contributed by atoms with Crippen molar-refractivity contribution < 1.29 is 43.4 Å². The molecule has 0 radical (unpaired) electrons. The predicted molar refractivity (Wildman–Crippen MR) is 61.0 cm³/mol. The van der Waals surface area contributed by atoms with Gasteiger partial charge in [-0.15, -0.1) is 0 Å². The van der Waals surface area contributed by atoms with Gasteiger partial charge in [-0.05, 0) is 0 Å². The summed E-state index contributed by atoms with van der Waals surface area (Å²) in [5, 5.41) is 33.8. The number of carbonyl (C=O) groups is 3. The monoisotopic (exact) mass is 318 g/mol. The summed E-state index contributed by atoms with van der Waals surface area (Å²) in [6.07, 6.45) is -2.29. The molecule has 0 aliphatic heterocycles. The number of aliphatic carboxylic acids is 3. The largest absolute Gasteiger partial charge is 2.00 e. The van der Waals surface area contributed by atoms with Gasteiger partial charge in [0.2, 0.25) is 0 Å². The molecule has 0 spiro atoms. The van der Waals surface area contributed by atoms with Crippen molar-refractivity contribution in [2.75, 3.05) is 0 Å². The smallest absolute Gasteiger partial charge is 1.00 e. The van der Waals surface area contributed by atoms with E-state index < -0.39 is 36.4 Å². The molecule has 0 saturated carbocycles. The third-order valence-corrected chi connectivity index (χ3v) is 1.29. The van der Waals surface area contributed by atoms with Gasteiger partial charge in [-0.25, -0.2) is 4.79 Å². The van der Waals surface area contributed by atoms with Crippen LogP contribution in [-0.2, 0) is 14.4 Å². The quantitative estimate of drug-likeness (QED) is 0.443. The zero-order chi connectivity index (χ0) is 10.6. The van der Waals surface area contributed by atoms with Crippen LogP contribution in [0.25, 0.3) is 0 Å². The van der Waals surface area contributed by atoms with Gasteiger partial charge in [0.05, 0.1) is 12.8 Å². The fraction of sp³-hybridized carbons (Fsp3) is 0.500. The summed E-state index contributed by atoms with van der Waals surface area (Å²) in [5.74, 6) is -5.02. The molecule has 0 rings (SSSR count). The van der Waals surface area contributed by atoms with Crippen LogP contribution in [0.5, 0.6) is 0 Å². The van der Waals surface area contributed by atoms with Gasteiger partial charge in [0, 0.05) is 0 Å². The number of carboxylic acid groups (broad SMARTS) is 3. The normalized spacial score (nSPS) is 8.81. The van der Waals surface area contributed by atoms with Crippen molar-refractivity contribution in [1.29, 1.82) is 0 Å². The number of hydrogen-bond donors (Lipinski definition) is 4. The molecule has 0 aromatic rings. The van der Waals surface area contributed by atoms with Gasteiger partial charge < -0.3 is 29.0 Å². The topological polar surface area (TPSA) is 132 Å². The molecule has 0 amide bonds. The van der Waals surface area contributed by atoms with Crippen LogP contribution in [0.15, 0.2) is 0 Å². The molecule has 0 atom stereocenters. The second-order valence-corrected chi connectivity index (χ2v) is 2.48. The van der Waals surface area contributed by atoms with Gasteiger partial charge in [-0.1, -0.05) is 0 Å². The van der Waals surface area contributed by atoms with Crippen molar-refractivity contribution in [2.45, 2.75) is 18.4 Å². The van der Waals surface area contributed by atoms with Crippen molar-refractivity contribution in [3.8, 4) is 0 Å². The molecule has 0 aliphatic rings. The molecule has 0 aliphatic carbocycles. The van der Waals surface area contributed by atoms with E-state index in [-0.39, 0.29) is 122 Å². The Morgan fingerprint density at radius 2 is 1.12 bits per heavy atom. The Bertz CT molecular complexity index is 257. The van der Waals surface area contributed by atoms with E-state index in [4.69, 9.17) is 20.4 Å². The first-order valence-electron chi connectivity index (χ1n) is 3.17. The molecule has 0 saturated heterocycles. The Labute approximate surface area is 189 Å². The van der Waals surface area contributed by atoms with Crippen LogP contribution in [0, 0.1) is 0 Å². The van der Waals surface area contributed by atoms with E-state index >= 15 is 0 Å². The summed E-state index contributed by atoms with van der Waals surface area (Å²) in [6, 6.07) is 0. The maximum atomic E-state index is 10.3. The maximum Gasteiger partial charge on any atom is 2.00 e. The minimum atomic E-state index is -2.74. The number of aliphatic hydroxyl groups is 1. The Kier molecular flexibility index (Phi) is 20.3. The van der Waals surface area contributed by atoms with Crippen molar-refractivity contribution in [3.63, 3.8) is 0 Å². The molecule has 7 nitrogen and oxygen atoms in total. The van der Waals surface area contributed by atoms with E-state index in [9.17, 15) is 14.4 Å². The third-order valence-electron chi connectivity index (χ3n) is 1.29. The van der Waals surface area contributed by atoms with Crippen molar-refractivity contribution in [2.24, 2.45) is 0 Å². The molecule has 0 fully saturated rings. The summed E-state index contributed by atoms with van der Waals surface area (Å²) in [5.41, 5.74) is -2.74. The van der Waals surface area contributed by atoms with Crippen molar-refractivity contribution in [1.82, 2.24) is 0 Å². The molecule has 86 valence electrons. The standard InChI is InChI=1S/C6H8O7.3Ca.6H/c7-3(8)1-6(13,5(11)12)2-4(9)10;;;;;;;;;/h13H,1-2H2,(H,7,8)(H,9,10)(H,11,12);;;;;;;;;/q;3*+2;6*-1. The molecule has 0 bridgehead atoms. The van der Waals surface area contributed by atoms with Gasteiger partial charge in [0.1, 0.15) is 0 Å². The predicted octanol–water partition coefficient (Wildman–Crippen LogP) is -1.72. The molecular formula is C6H14Ca3O7. The second kappa shape index (κ2) is 12.2. The van der Waals surface area contributed by atoms with Crippen LogP contribution >= 0.6 is 0 Å². The minimum absolute atomic E-state index is 0. The number of hydrogen-bond acceptors (Lipinski definition) is 4. The van der Waals surface area contributed by atoms with Gasteiger partial charge in [-0.2, -0.15) is 0 Å².